The number of rotatable bonds is 6. The van der Waals surface area contributed by atoms with Crippen LogP contribution in [-0.4, -0.2) is 35.1 Å². The van der Waals surface area contributed by atoms with Gasteiger partial charge in [0, 0.05) is 39.8 Å². The monoisotopic (exact) mass is 227 g/mol. The molecule has 0 aliphatic rings. The van der Waals surface area contributed by atoms with Crippen molar-refractivity contribution in [2.45, 2.75) is 12.5 Å². The van der Waals surface area contributed by atoms with Crippen LogP contribution in [0.2, 0.25) is 6.04 Å². The van der Waals surface area contributed by atoms with Crippen molar-refractivity contribution in [3.8, 4) is 0 Å². The molecule has 1 heterocycles. The van der Waals surface area contributed by atoms with Crippen molar-refractivity contribution in [3.05, 3.63) is 30.1 Å². The highest BCUT2D eigenvalue weighted by atomic mass is 28.4. The number of hydrogen-bond acceptors (Lipinski definition) is 4. The van der Waals surface area contributed by atoms with E-state index in [0.717, 1.165) is 12.5 Å². The lowest BCUT2D eigenvalue weighted by atomic mass is 10.2. The molecule has 15 heavy (non-hydrogen) atoms. The zero-order valence-electron chi connectivity index (χ0n) is 9.40. The SMILES string of the molecule is CO[Si](CCc1ccncc1)(OC)OC. The molecule has 1 aromatic rings. The van der Waals surface area contributed by atoms with Gasteiger partial charge in [0.2, 0.25) is 0 Å². The van der Waals surface area contributed by atoms with E-state index in [-0.39, 0.29) is 0 Å². The summed E-state index contributed by atoms with van der Waals surface area (Å²) in [5, 5.41) is 0. The number of hydrogen-bond donors (Lipinski definition) is 0. The van der Waals surface area contributed by atoms with Crippen LogP contribution in [0.15, 0.2) is 24.5 Å². The van der Waals surface area contributed by atoms with E-state index in [1.807, 2.05) is 12.1 Å². The fraction of sp³-hybridized carbons (Fsp3) is 0.500. The molecule has 1 rings (SSSR count). The fourth-order valence-electron chi connectivity index (χ4n) is 1.40. The standard InChI is InChI=1S/C10H17NO3Si/c1-12-15(13-2,14-3)9-6-10-4-7-11-8-5-10/h4-5,7-8H,6,9H2,1-3H3. The molecule has 0 atom stereocenters. The normalized spacial score (nSPS) is 11.7. The van der Waals surface area contributed by atoms with Gasteiger partial charge in [-0.2, -0.15) is 0 Å². The molecular weight excluding hydrogens is 210 g/mol. The maximum Gasteiger partial charge on any atom is 0.500 e. The van der Waals surface area contributed by atoms with Crippen molar-refractivity contribution in [1.82, 2.24) is 4.98 Å². The van der Waals surface area contributed by atoms with Crippen LogP contribution >= 0.6 is 0 Å². The topological polar surface area (TPSA) is 40.6 Å². The first-order valence-electron chi connectivity index (χ1n) is 4.80. The van der Waals surface area contributed by atoms with Gasteiger partial charge in [0.1, 0.15) is 0 Å². The molecule has 0 radical (unpaired) electrons. The van der Waals surface area contributed by atoms with E-state index in [9.17, 15) is 0 Å². The minimum atomic E-state index is -2.42. The largest absolute Gasteiger partial charge is 0.500 e. The summed E-state index contributed by atoms with van der Waals surface area (Å²) < 4.78 is 16.0. The van der Waals surface area contributed by atoms with Gasteiger partial charge < -0.3 is 13.3 Å². The van der Waals surface area contributed by atoms with Crippen molar-refractivity contribution in [1.29, 1.82) is 0 Å². The van der Waals surface area contributed by atoms with Gasteiger partial charge in [-0.25, -0.2) is 0 Å². The Labute approximate surface area is 91.6 Å². The van der Waals surface area contributed by atoms with E-state index in [2.05, 4.69) is 4.98 Å². The summed E-state index contributed by atoms with van der Waals surface area (Å²) in [6.07, 6.45) is 4.44. The predicted octanol–water partition coefficient (Wildman–Crippen LogP) is 1.50. The molecule has 0 saturated carbocycles. The molecule has 0 amide bonds. The molecule has 0 N–H and O–H groups in total. The Morgan fingerprint density at radius 3 is 2.07 bits per heavy atom. The molecule has 5 heteroatoms. The summed E-state index contributed by atoms with van der Waals surface area (Å²) in [6, 6.07) is 4.75. The highest BCUT2D eigenvalue weighted by Crippen LogP contribution is 2.15. The van der Waals surface area contributed by atoms with Crippen LogP contribution in [0.1, 0.15) is 5.56 Å². The van der Waals surface area contributed by atoms with Gasteiger partial charge in [0.05, 0.1) is 0 Å². The molecule has 0 spiro atoms. The van der Waals surface area contributed by atoms with Gasteiger partial charge in [-0.05, 0) is 24.1 Å². The van der Waals surface area contributed by atoms with Crippen LogP contribution in [0.5, 0.6) is 0 Å². The van der Waals surface area contributed by atoms with Crippen molar-refractivity contribution in [2.24, 2.45) is 0 Å². The highest BCUT2D eigenvalue weighted by Gasteiger charge is 2.36. The second-order valence-corrected chi connectivity index (χ2v) is 6.24. The second-order valence-electron chi connectivity index (χ2n) is 3.15. The third kappa shape index (κ3) is 3.39. The van der Waals surface area contributed by atoms with E-state index >= 15 is 0 Å². The molecule has 0 bridgehead atoms. The van der Waals surface area contributed by atoms with Gasteiger partial charge in [-0.3, -0.25) is 4.98 Å². The first-order chi connectivity index (χ1) is 7.26. The van der Waals surface area contributed by atoms with Gasteiger partial charge in [-0.15, -0.1) is 0 Å². The molecular formula is C10H17NO3Si. The van der Waals surface area contributed by atoms with Crippen molar-refractivity contribution in [3.63, 3.8) is 0 Å². The zero-order chi connectivity index (χ0) is 11.1. The third-order valence-corrected chi connectivity index (χ3v) is 5.13. The number of aromatic nitrogens is 1. The van der Waals surface area contributed by atoms with Crippen LogP contribution in [0.3, 0.4) is 0 Å². The van der Waals surface area contributed by atoms with Crippen molar-refractivity contribution >= 4 is 8.80 Å². The molecule has 0 aliphatic heterocycles. The van der Waals surface area contributed by atoms with E-state index in [1.54, 1.807) is 33.7 Å². The van der Waals surface area contributed by atoms with Crippen LogP contribution in [-0.2, 0) is 19.7 Å². The van der Waals surface area contributed by atoms with Crippen LogP contribution in [0.4, 0.5) is 0 Å². The molecule has 84 valence electrons. The summed E-state index contributed by atoms with van der Waals surface area (Å²) in [5.74, 6) is 0. The highest BCUT2D eigenvalue weighted by molar-refractivity contribution is 6.60. The molecule has 0 fully saturated rings. The smallest absolute Gasteiger partial charge is 0.377 e. The van der Waals surface area contributed by atoms with Gasteiger partial charge in [0.15, 0.2) is 0 Å². The summed E-state index contributed by atoms with van der Waals surface area (Å²) in [7, 11) is 2.47. The average Bonchev–Trinajstić information content (AvgIpc) is 2.33. The Balaban J connectivity index is 2.54. The van der Waals surface area contributed by atoms with Gasteiger partial charge in [0.25, 0.3) is 0 Å². The van der Waals surface area contributed by atoms with E-state index in [1.165, 1.54) is 5.56 Å². The van der Waals surface area contributed by atoms with Gasteiger partial charge >= 0.3 is 8.80 Å². The first kappa shape index (κ1) is 12.3. The van der Waals surface area contributed by atoms with E-state index in [4.69, 9.17) is 13.3 Å². The number of pyridine rings is 1. The lowest BCUT2D eigenvalue weighted by Crippen LogP contribution is -2.43. The summed E-state index contributed by atoms with van der Waals surface area (Å²) in [6.45, 7) is 0. The van der Waals surface area contributed by atoms with E-state index < -0.39 is 8.80 Å². The van der Waals surface area contributed by atoms with Crippen LogP contribution in [0, 0.1) is 0 Å². The maximum atomic E-state index is 5.34. The fourth-order valence-corrected chi connectivity index (χ4v) is 3.11. The lowest BCUT2D eigenvalue weighted by Gasteiger charge is -2.24. The van der Waals surface area contributed by atoms with Crippen LogP contribution < -0.4 is 0 Å². The molecule has 0 saturated heterocycles. The van der Waals surface area contributed by atoms with E-state index in [0.29, 0.717) is 0 Å². The summed E-state index contributed by atoms with van der Waals surface area (Å²) in [4.78, 5) is 3.97. The number of aryl methyl sites for hydroxylation is 1. The first-order valence-corrected chi connectivity index (χ1v) is 6.74. The Bertz CT molecular complexity index is 269. The Hall–Kier alpha value is -0.753. The minimum Gasteiger partial charge on any atom is -0.377 e. The molecule has 0 unspecified atom stereocenters. The summed E-state index contributed by atoms with van der Waals surface area (Å²) >= 11 is 0. The third-order valence-electron chi connectivity index (χ3n) is 2.40. The Morgan fingerprint density at radius 2 is 1.60 bits per heavy atom. The zero-order valence-corrected chi connectivity index (χ0v) is 10.4. The van der Waals surface area contributed by atoms with Gasteiger partial charge in [-0.1, -0.05) is 0 Å². The summed E-state index contributed by atoms with van der Waals surface area (Å²) in [5.41, 5.74) is 1.22. The molecule has 4 nitrogen and oxygen atoms in total. The van der Waals surface area contributed by atoms with Crippen molar-refractivity contribution in [2.75, 3.05) is 21.3 Å². The Morgan fingerprint density at radius 1 is 1.07 bits per heavy atom. The molecule has 0 aromatic carbocycles. The average molecular weight is 227 g/mol. The maximum absolute atomic E-state index is 5.34. The lowest BCUT2D eigenvalue weighted by molar-refractivity contribution is 0.123. The minimum absolute atomic E-state index is 0.778. The predicted molar refractivity (Wildman–Crippen MR) is 59.5 cm³/mol. The van der Waals surface area contributed by atoms with Crippen molar-refractivity contribution < 1.29 is 13.3 Å². The quantitative estimate of drug-likeness (QED) is 0.691. The molecule has 0 aliphatic carbocycles. The Kier molecular flexibility index (Phi) is 4.90. The van der Waals surface area contributed by atoms with Crippen LogP contribution in [0.25, 0.3) is 0 Å². The molecule has 1 aromatic heterocycles. The second kappa shape index (κ2) is 5.97. The number of nitrogens with zero attached hydrogens (tertiary/aromatic N) is 1.